The molecular weight excluding hydrogens is 276 g/mol. The molecule has 0 saturated carbocycles. The number of rotatable bonds is 3. The van der Waals surface area contributed by atoms with Crippen LogP contribution in [0.15, 0.2) is 15.8 Å². The van der Waals surface area contributed by atoms with Crippen molar-refractivity contribution >= 4 is 11.8 Å². The molecule has 2 heterocycles. The molecule has 0 amide bonds. The van der Waals surface area contributed by atoms with Crippen LogP contribution in [0, 0.1) is 0 Å². The normalized spacial score (nSPS) is 30.5. The first-order valence-corrected chi connectivity index (χ1v) is 6.45. The Morgan fingerprint density at radius 2 is 2.11 bits per heavy atom. The molecule has 8 nitrogen and oxygen atoms in total. The zero-order chi connectivity index (χ0) is 14.2. The smallest absolute Gasteiger partial charge is 0.329 e. The highest BCUT2D eigenvalue weighted by Crippen LogP contribution is 2.40. The van der Waals surface area contributed by atoms with Gasteiger partial charge in [-0.3, -0.25) is 14.3 Å². The van der Waals surface area contributed by atoms with Crippen molar-refractivity contribution in [3.63, 3.8) is 0 Å². The van der Waals surface area contributed by atoms with Crippen molar-refractivity contribution in [2.24, 2.45) is 0 Å². The molecule has 1 saturated heterocycles. The lowest BCUT2D eigenvalue weighted by Crippen LogP contribution is -2.37. The van der Waals surface area contributed by atoms with Crippen LogP contribution in [-0.2, 0) is 0 Å². The van der Waals surface area contributed by atoms with Crippen LogP contribution in [-0.4, -0.2) is 56.0 Å². The van der Waals surface area contributed by atoms with Crippen LogP contribution in [0.5, 0.6) is 5.75 Å². The number of nitrogens with one attached hydrogen (secondary N) is 1. The summed E-state index contributed by atoms with van der Waals surface area (Å²) in [6.07, 6.45) is -1.20. The third-order valence-electron chi connectivity index (χ3n) is 2.95. The minimum absolute atomic E-state index is 0.0747. The van der Waals surface area contributed by atoms with Gasteiger partial charge in [0.05, 0.1) is 31.3 Å². The second-order valence-electron chi connectivity index (χ2n) is 4.09. The van der Waals surface area contributed by atoms with Crippen molar-refractivity contribution < 1.29 is 20.1 Å². The van der Waals surface area contributed by atoms with E-state index in [1.54, 1.807) is 0 Å². The fourth-order valence-corrected chi connectivity index (χ4v) is 3.29. The number of hydrogen-bond acceptors (Lipinski definition) is 7. The second-order valence-corrected chi connectivity index (χ2v) is 5.45. The molecule has 106 valence electrons. The standard InChI is InChI=1S/C10H14N2O6S/c1-18-4-2-12(10(17)11-8(4)16)9-7(15)6(14)5(3-13)19-9/h2,5-7,9,13-15H,3H2,1H3,(H,11,16,17)/t5-,6-,7-,9-/m1/s1. The van der Waals surface area contributed by atoms with E-state index in [1.807, 2.05) is 0 Å². The van der Waals surface area contributed by atoms with Gasteiger partial charge in [-0.15, -0.1) is 11.8 Å². The Morgan fingerprint density at radius 3 is 2.63 bits per heavy atom. The zero-order valence-corrected chi connectivity index (χ0v) is 10.8. The number of hydrogen-bond donors (Lipinski definition) is 4. The van der Waals surface area contributed by atoms with E-state index < -0.39 is 34.1 Å². The Bertz CT molecular complexity index is 570. The van der Waals surface area contributed by atoms with Crippen molar-refractivity contribution in [3.05, 3.63) is 27.0 Å². The Labute approximate surface area is 111 Å². The lowest BCUT2D eigenvalue weighted by Gasteiger charge is -2.17. The summed E-state index contributed by atoms with van der Waals surface area (Å²) in [6, 6.07) is 0. The predicted octanol–water partition coefficient (Wildman–Crippen LogP) is -2.13. The molecule has 0 unspecified atom stereocenters. The zero-order valence-electron chi connectivity index (χ0n) is 10.0. The maximum atomic E-state index is 11.7. The monoisotopic (exact) mass is 290 g/mol. The number of methoxy groups -OCH3 is 1. The highest BCUT2D eigenvalue weighted by molar-refractivity contribution is 8.00. The number of ether oxygens (including phenoxy) is 1. The Kier molecular flexibility index (Phi) is 3.99. The summed E-state index contributed by atoms with van der Waals surface area (Å²) in [7, 11) is 1.28. The molecule has 19 heavy (non-hydrogen) atoms. The molecule has 0 aromatic carbocycles. The van der Waals surface area contributed by atoms with Gasteiger partial charge in [-0.05, 0) is 0 Å². The maximum Gasteiger partial charge on any atom is 0.329 e. The molecular formula is C10H14N2O6S. The number of aliphatic hydroxyl groups is 3. The van der Waals surface area contributed by atoms with Gasteiger partial charge in [-0.1, -0.05) is 0 Å². The average molecular weight is 290 g/mol. The van der Waals surface area contributed by atoms with Gasteiger partial charge in [-0.2, -0.15) is 0 Å². The molecule has 0 radical (unpaired) electrons. The van der Waals surface area contributed by atoms with E-state index in [9.17, 15) is 19.8 Å². The molecule has 0 aliphatic carbocycles. The predicted molar refractivity (Wildman–Crippen MR) is 67.4 cm³/mol. The molecule has 4 N–H and O–H groups in total. The number of aromatic amines is 1. The van der Waals surface area contributed by atoms with E-state index in [-0.39, 0.29) is 12.4 Å². The van der Waals surface area contributed by atoms with Crippen LogP contribution >= 0.6 is 11.8 Å². The van der Waals surface area contributed by atoms with E-state index in [2.05, 4.69) is 4.98 Å². The first-order valence-electron chi connectivity index (χ1n) is 5.51. The number of H-pyrrole nitrogens is 1. The molecule has 1 aliphatic rings. The molecule has 4 atom stereocenters. The van der Waals surface area contributed by atoms with E-state index >= 15 is 0 Å². The van der Waals surface area contributed by atoms with Crippen LogP contribution in [0.3, 0.4) is 0 Å². The Hall–Kier alpha value is -1.29. The Morgan fingerprint density at radius 1 is 1.42 bits per heavy atom. The van der Waals surface area contributed by atoms with Crippen LogP contribution in [0.4, 0.5) is 0 Å². The lowest BCUT2D eigenvalue weighted by atomic mass is 10.1. The van der Waals surface area contributed by atoms with Crippen LogP contribution in [0.1, 0.15) is 5.37 Å². The largest absolute Gasteiger partial charge is 0.490 e. The third-order valence-corrected chi connectivity index (χ3v) is 4.51. The van der Waals surface area contributed by atoms with Gasteiger partial charge < -0.3 is 20.1 Å². The highest BCUT2D eigenvalue weighted by Gasteiger charge is 2.43. The molecule has 0 spiro atoms. The summed E-state index contributed by atoms with van der Waals surface area (Å²) in [5.74, 6) is -0.0747. The summed E-state index contributed by atoms with van der Waals surface area (Å²) in [5.41, 5.74) is -1.38. The number of nitrogens with zero attached hydrogens (tertiary/aromatic N) is 1. The van der Waals surface area contributed by atoms with Crippen molar-refractivity contribution in [3.8, 4) is 5.75 Å². The van der Waals surface area contributed by atoms with Crippen LogP contribution in [0.2, 0.25) is 0 Å². The van der Waals surface area contributed by atoms with Crippen LogP contribution < -0.4 is 16.0 Å². The van der Waals surface area contributed by atoms with Crippen molar-refractivity contribution in [2.45, 2.75) is 22.8 Å². The maximum absolute atomic E-state index is 11.7. The lowest BCUT2D eigenvalue weighted by molar-refractivity contribution is 0.0100. The summed E-state index contributed by atoms with van der Waals surface area (Å²) in [5, 5.41) is 27.3. The topological polar surface area (TPSA) is 125 Å². The molecule has 1 aromatic heterocycles. The quantitative estimate of drug-likeness (QED) is 0.501. The third kappa shape index (κ3) is 2.41. The summed E-state index contributed by atoms with van der Waals surface area (Å²) < 4.78 is 5.89. The minimum Gasteiger partial charge on any atom is -0.490 e. The van der Waals surface area contributed by atoms with Gasteiger partial charge in [0.15, 0.2) is 0 Å². The van der Waals surface area contributed by atoms with Gasteiger partial charge in [-0.25, -0.2) is 4.79 Å². The fraction of sp³-hybridized carbons (Fsp3) is 0.600. The molecule has 2 rings (SSSR count). The van der Waals surface area contributed by atoms with Gasteiger partial charge in [0, 0.05) is 0 Å². The van der Waals surface area contributed by atoms with Crippen molar-refractivity contribution in [1.82, 2.24) is 9.55 Å². The minimum atomic E-state index is -1.23. The van der Waals surface area contributed by atoms with Crippen LogP contribution in [0.25, 0.3) is 0 Å². The van der Waals surface area contributed by atoms with Gasteiger partial charge in [0.1, 0.15) is 11.5 Å². The first kappa shape index (κ1) is 14.1. The molecule has 9 heteroatoms. The molecule has 1 aromatic rings. The summed E-state index contributed by atoms with van der Waals surface area (Å²) >= 11 is 1.05. The number of aromatic nitrogens is 2. The molecule has 1 aliphatic heterocycles. The average Bonchev–Trinajstić information content (AvgIpc) is 2.67. The highest BCUT2D eigenvalue weighted by atomic mass is 32.2. The van der Waals surface area contributed by atoms with Crippen molar-refractivity contribution in [2.75, 3.05) is 13.7 Å². The summed E-state index contributed by atoms with van der Waals surface area (Å²) in [4.78, 5) is 25.1. The second kappa shape index (κ2) is 5.37. The Balaban J connectivity index is 2.43. The van der Waals surface area contributed by atoms with Gasteiger partial charge >= 0.3 is 5.69 Å². The first-order chi connectivity index (χ1) is 8.99. The molecule has 1 fully saturated rings. The van der Waals surface area contributed by atoms with E-state index in [0.717, 1.165) is 16.3 Å². The number of aliphatic hydroxyl groups excluding tert-OH is 3. The fourth-order valence-electron chi connectivity index (χ4n) is 1.91. The van der Waals surface area contributed by atoms with E-state index in [4.69, 9.17) is 9.84 Å². The van der Waals surface area contributed by atoms with Gasteiger partial charge in [0.25, 0.3) is 5.56 Å². The molecule has 0 bridgehead atoms. The van der Waals surface area contributed by atoms with Gasteiger partial charge in [0.2, 0.25) is 5.75 Å². The number of thioether (sulfide) groups is 1. The van der Waals surface area contributed by atoms with E-state index in [1.165, 1.54) is 13.3 Å². The van der Waals surface area contributed by atoms with E-state index in [0.29, 0.717) is 0 Å². The SMILES string of the molecule is COc1cn([C@@H]2S[C@H](CO)[C@@H](O)[C@H]2O)c(=O)[nH]c1=O. The summed E-state index contributed by atoms with van der Waals surface area (Å²) in [6.45, 7) is -0.325. The van der Waals surface area contributed by atoms with Crippen molar-refractivity contribution in [1.29, 1.82) is 0 Å².